The van der Waals surface area contributed by atoms with Gasteiger partial charge in [0.25, 0.3) is 0 Å². The van der Waals surface area contributed by atoms with Crippen molar-refractivity contribution in [3.63, 3.8) is 0 Å². The third-order valence-corrected chi connectivity index (χ3v) is 6.16. The summed E-state index contributed by atoms with van der Waals surface area (Å²) in [7, 11) is 5.44. The molecule has 2 aliphatic carbocycles. The minimum absolute atomic E-state index is 0.0772. The van der Waals surface area contributed by atoms with Crippen molar-refractivity contribution in [2.45, 2.75) is 38.6 Å². The van der Waals surface area contributed by atoms with E-state index in [-0.39, 0.29) is 22.1 Å². The van der Waals surface area contributed by atoms with Crippen molar-refractivity contribution < 1.29 is 14.6 Å². The van der Waals surface area contributed by atoms with E-state index in [1.807, 2.05) is 6.08 Å². The molecule has 4 heteroatoms. The second-order valence-corrected chi connectivity index (χ2v) is 6.98. The van der Waals surface area contributed by atoms with E-state index in [0.29, 0.717) is 5.76 Å². The first-order valence-corrected chi connectivity index (χ1v) is 7.32. The normalized spacial score (nSPS) is 39.4. The molecule has 0 unspecified atom stereocenters. The first kappa shape index (κ1) is 13.8. The quantitative estimate of drug-likeness (QED) is 0.844. The van der Waals surface area contributed by atoms with Gasteiger partial charge in [-0.2, -0.15) is 0 Å². The zero-order valence-electron chi connectivity index (χ0n) is 13.1. The molecule has 2 atom stereocenters. The average molecular weight is 279 g/mol. The number of likely N-dealkylation sites (N-methyl/N-ethyl adjacent to an activating group) is 1. The van der Waals surface area contributed by atoms with Crippen LogP contribution in [0.4, 0.5) is 0 Å². The summed E-state index contributed by atoms with van der Waals surface area (Å²) in [5.74, 6) is 1.52. The number of aliphatic hydroxyl groups is 1. The highest BCUT2D eigenvalue weighted by Gasteiger charge is 2.71. The van der Waals surface area contributed by atoms with Crippen LogP contribution in [0, 0.1) is 10.8 Å². The summed E-state index contributed by atoms with van der Waals surface area (Å²) >= 11 is 0. The molecule has 112 valence electrons. The number of hydrogen-bond acceptors (Lipinski definition) is 4. The maximum absolute atomic E-state index is 10.5. The first-order valence-electron chi connectivity index (χ1n) is 7.32. The van der Waals surface area contributed by atoms with E-state index >= 15 is 0 Å². The Bertz CT molecular complexity index is 508. The monoisotopic (exact) mass is 279 g/mol. The van der Waals surface area contributed by atoms with Gasteiger partial charge < -0.3 is 14.6 Å². The largest absolute Gasteiger partial charge is 0.504 e. The van der Waals surface area contributed by atoms with Gasteiger partial charge in [-0.15, -0.1) is 0 Å². The molecule has 0 amide bonds. The topological polar surface area (TPSA) is 41.9 Å². The molecule has 1 heterocycles. The Kier molecular flexibility index (Phi) is 2.72. The van der Waals surface area contributed by atoms with Crippen LogP contribution in [0.2, 0.25) is 0 Å². The number of rotatable bonds is 2. The predicted octanol–water partition coefficient (Wildman–Crippen LogP) is 2.83. The Balaban J connectivity index is 2.31. The Morgan fingerprint density at radius 2 is 1.85 bits per heavy atom. The predicted molar refractivity (Wildman–Crippen MR) is 77.2 cm³/mol. The Hall–Kier alpha value is -1.16. The maximum Gasteiger partial charge on any atom is 0.200 e. The van der Waals surface area contributed by atoms with Gasteiger partial charge in [0.15, 0.2) is 17.3 Å². The summed E-state index contributed by atoms with van der Waals surface area (Å²) in [6.45, 7) is 5.63. The number of methoxy groups -OCH3 is 2. The highest BCUT2D eigenvalue weighted by molar-refractivity contribution is 5.46. The highest BCUT2D eigenvalue weighted by atomic mass is 16.5. The van der Waals surface area contributed by atoms with Crippen LogP contribution in [-0.2, 0) is 9.47 Å². The molecular weight excluding hydrogens is 254 g/mol. The summed E-state index contributed by atoms with van der Waals surface area (Å²) in [5, 5.41) is 10.5. The van der Waals surface area contributed by atoms with E-state index in [4.69, 9.17) is 9.47 Å². The third-order valence-electron chi connectivity index (χ3n) is 6.16. The van der Waals surface area contributed by atoms with E-state index in [2.05, 4.69) is 25.8 Å². The molecule has 3 aliphatic rings. The van der Waals surface area contributed by atoms with E-state index in [9.17, 15) is 5.11 Å². The van der Waals surface area contributed by atoms with E-state index in [1.165, 1.54) is 0 Å². The molecule has 20 heavy (non-hydrogen) atoms. The minimum atomic E-state index is -0.178. The summed E-state index contributed by atoms with van der Waals surface area (Å²) in [5.41, 5.74) is -0.121. The van der Waals surface area contributed by atoms with E-state index < -0.39 is 0 Å². The van der Waals surface area contributed by atoms with Crippen LogP contribution in [0.3, 0.4) is 0 Å². The smallest absolute Gasteiger partial charge is 0.200 e. The standard InChI is InChI=1S/C16H25NO3/c1-14(2)6-7-16-13(20-5)12(19-4)11(18)10-15(14,16)8-9-17(16)3/h10,18H,6-9H2,1-5H3/t15-,16+/m0/s1. The van der Waals surface area contributed by atoms with Gasteiger partial charge >= 0.3 is 0 Å². The lowest BCUT2D eigenvalue weighted by Crippen LogP contribution is -2.55. The molecule has 0 radical (unpaired) electrons. The van der Waals surface area contributed by atoms with Gasteiger partial charge in [-0.3, -0.25) is 4.90 Å². The van der Waals surface area contributed by atoms with Crippen molar-refractivity contribution in [1.82, 2.24) is 4.90 Å². The third kappa shape index (κ3) is 1.22. The first-order chi connectivity index (χ1) is 9.36. The molecule has 4 nitrogen and oxygen atoms in total. The van der Waals surface area contributed by atoms with Gasteiger partial charge in [-0.25, -0.2) is 0 Å². The minimum Gasteiger partial charge on any atom is -0.504 e. The van der Waals surface area contributed by atoms with Crippen LogP contribution in [0.5, 0.6) is 0 Å². The Morgan fingerprint density at radius 1 is 1.15 bits per heavy atom. The van der Waals surface area contributed by atoms with Crippen molar-refractivity contribution in [1.29, 1.82) is 0 Å². The van der Waals surface area contributed by atoms with Crippen molar-refractivity contribution in [2.75, 3.05) is 27.8 Å². The van der Waals surface area contributed by atoms with Crippen LogP contribution < -0.4 is 0 Å². The number of nitrogens with zero attached hydrogens (tertiary/aromatic N) is 1. The van der Waals surface area contributed by atoms with Crippen LogP contribution in [0.25, 0.3) is 0 Å². The molecule has 0 spiro atoms. The summed E-state index contributed by atoms with van der Waals surface area (Å²) in [6.07, 6.45) is 5.25. The molecule has 1 saturated heterocycles. The van der Waals surface area contributed by atoms with Gasteiger partial charge in [0, 0.05) is 5.41 Å². The maximum atomic E-state index is 10.5. The van der Waals surface area contributed by atoms with Gasteiger partial charge in [0.1, 0.15) is 0 Å². The SMILES string of the molecule is COC1=C(OC)[C@]23CCC(C)(C)[C@@]2(C=C1O)CCN3C. The zero-order chi connectivity index (χ0) is 14.8. The molecule has 1 aliphatic heterocycles. The lowest BCUT2D eigenvalue weighted by Gasteiger charge is -2.50. The van der Waals surface area contributed by atoms with Crippen LogP contribution in [-0.4, -0.2) is 43.4 Å². The molecule has 1 N–H and O–H groups in total. The average Bonchev–Trinajstić information content (AvgIpc) is 2.82. The molecule has 2 fully saturated rings. The van der Waals surface area contributed by atoms with E-state index in [1.54, 1.807) is 14.2 Å². The molecule has 3 rings (SSSR count). The number of likely N-dealkylation sites (tertiary alicyclic amines) is 1. The van der Waals surface area contributed by atoms with Crippen molar-refractivity contribution in [3.05, 3.63) is 23.4 Å². The van der Waals surface area contributed by atoms with Gasteiger partial charge in [0.05, 0.1) is 19.8 Å². The van der Waals surface area contributed by atoms with Crippen molar-refractivity contribution in [3.8, 4) is 0 Å². The number of aliphatic hydroxyl groups excluding tert-OH is 1. The lowest BCUT2D eigenvalue weighted by atomic mass is 9.58. The second-order valence-electron chi connectivity index (χ2n) is 6.98. The molecular formula is C16H25NO3. The fraction of sp³-hybridized carbons (Fsp3) is 0.750. The van der Waals surface area contributed by atoms with E-state index in [0.717, 1.165) is 31.6 Å². The molecule has 1 saturated carbocycles. The summed E-state index contributed by atoms with van der Waals surface area (Å²) < 4.78 is 11.2. The van der Waals surface area contributed by atoms with Crippen molar-refractivity contribution >= 4 is 0 Å². The van der Waals surface area contributed by atoms with Crippen LogP contribution >= 0.6 is 0 Å². The number of hydrogen-bond donors (Lipinski definition) is 1. The van der Waals surface area contributed by atoms with Gasteiger partial charge in [-0.05, 0) is 44.3 Å². The lowest BCUT2D eigenvalue weighted by molar-refractivity contribution is 0.0196. The molecule has 0 bridgehead atoms. The molecule has 0 aromatic rings. The van der Waals surface area contributed by atoms with Crippen LogP contribution in [0.15, 0.2) is 23.4 Å². The number of ether oxygens (including phenoxy) is 2. The molecule has 0 aromatic carbocycles. The second kappa shape index (κ2) is 3.94. The van der Waals surface area contributed by atoms with Gasteiger partial charge in [0.2, 0.25) is 0 Å². The van der Waals surface area contributed by atoms with Crippen molar-refractivity contribution in [2.24, 2.45) is 10.8 Å². The summed E-state index contributed by atoms with van der Waals surface area (Å²) in [4.78, 5) is 2.39. The highest BCUT2D eigenvalue weighted by Crippen LogP contribution is 2.70. The van der Waals surface area contributed by atoms with Gasteiger partial charge in [-0.1, -0.05) is 13.8 Å². The summed E-state index contributed by atoms with van der Waals surface area (Å²) in [6, 6.07) is 0. The Morgan fingerprint density at radius 3 is 2.45 bits per heavy atom. The Labute approximate surface area is 121 Å². The molecule has 0 aromatic heterocycles. The van der Waals surface area contributed by atoms with Crippen LogP contribution in [0.1, 0.15) is 33.1 Å². The fourth-order valence-electron chi connectivity index (χ4n) is 5.05. The fourth-order valence-corrected chi connectivity index (χ4v) is 5.05. The zero-order valence-corrected chi connectivity index (χ0v) is 13.1.